The molecule has 0 aliphatic heterocycles. The molecule has 5 nitrogen and oxygen atoms in total. The van der Waals surface area contributed by atoms with E-state index in [0.717, 1.165) is 12.1 Å². The molecule has 2 aromatic rings. The second-order valence-corrected chi connectivity index (χ2v) is 5.08. The van der Waals surface area contributed by atoms with Gasteiger partial charge in [0.15, 0.2) is 0 Å². The molecular formula is C14H12Cl2N2O3. The molecule has 110 valence electrons. The fourth-order valence-electron chi connectivity index (χ4n) is 1.75. The average molecular weight is 327 g/mol. The molecule has 0 saturated carbocycles. The highest BCUT2D eigenvalue weighted by Gasteiger charge is 2.19. The van der Waals surface area contributed by atoms with Crippen LogP contribution in [0.25, 0.3) is 0 Å². The van der Waals surface area contributed by atoms with E-state index < -0.39 is 4.92 Å². The van der Waals surface area contributed by atoms with Crippen LogP contribution in [0.15, 0.2) is 36.4 Å². The molecule has 7 heteroatoms. The van der Waals surface area contributed by atoms with Crippen molar-refractivity contribution >= 4 is 28.9 Å². The van der Waals surface area contributed by atoms with Crippen molar-refractivity contribution in [2.75, 3.05) is 7.05 Å². The lowest BCUT2D eigenvalue weighted by Crippen LogP contribution is -2.04. The Balaban J connectivity index is 2.30. The molecule has 0 aliphatic rings. The first kappa shape index (κ1) is 15.6. The molecule has 2 aromatic carbocycles. The number of halogens is 2. The van der Waals surface area contributed by atoms with Gasteiger partial charge in [0.1, 0.15) is 5.75 Å². The van der Waals surface area contributed by atoms with Crippen LogP contribution in [-0.4, -0.2) is 12.0 Å². The van der Waals surface area contributed by atoms with Crippen molar-refractivity contribution in [3.05, 3.63) is 62.1 Å². The fourth-order valence-corrected chi connectivity index (χ4v) is 2.06. The SMILES string of the molecule is CNCc1ccc(Oc2cc(Cl)c(Cl)cc2[N+](=O)[O-])cc1. The predicted molar refractivity (Wildman–Crippen MR) is 82.4 cm³/mol. The van der Waals surface area contributed by atoms with E-state index in [2.05, 4.69) is 5.32 Å². The van der Waals surface area contributed by atoms with Gasteiger partial charge in [-0.3, -0.25) is 10.1 Å². The summed E-state index contributed by atoms with van der Waals surface area (Å²) in [6, 6.07) is 9.72. The van der Waals surface area contributed by atoms with Gasteiger partial charge in [-0.05, 0) is 24.7 Å². The molecule has 0 unspecified atom stereocenters. The van der Waals surface area contributed by atoms with Crippen LogP contribution in [0.1, 0.15) is 5.56 Å². The molecule has 2 rings (SSSR count). The van der Waals surface area contributed by atoms with Gasteiger partial charge in [-0.1, -0.05) is 35.3 Å². The van der Waals surface area contributed by atoms with Crippen LogP contribution in [0.2, 0.25) is 10.0 Å². The highest BCUT2D eigenvalue weighted by molar-refractivity contribution is 6.42. The number of hydrogen-bond acceptors (Lipinski definition) is 4. The van der Waals surface area contributed by atoms with Crippen LogP contribution in [0.4, 0.5) is 5.69 Å². The Morgan fingerprint density at radius 2 is 1.81 bits per heavy atom. The summed E-state index contributed by atoms with van der Waals surface area (Å²) in [7, 11) is 1.85. The molecule has 1 N–H and O–H groups in total. The summed E-state index contributed by atoms with van der Waals surface area (Å²) in [6.45, 7) is 0.729. The summed E-state index contributed by atoms with van der Waals surface area (Å²) >= 11 is 11.7. The highest BCUT2D eigenvalue weighted by Crippen LogP contribution is 2.38. The number of nitrogens with one attached hydrogen (secondary N) is 1. The Kier molecular flexibility index (Phi) is 5.01. The van der Waals surface area contributed by atoms with Gasteiger partial charge in [0.25, 0.3) is 0 Å². The molecule has 0 bridgehead atoms. The van der Waals surface area contributed by atoms with Gasteiger partial charge in [-0.2, -0.15) is 0 Å². The van der Waals surface area contributed by atoms with Gasteiger partial charge in [-0.15, -0.1) is 0 Å². The number of nitrogens with zero attached hydrogens (tertiary/aromatic N) is 1. The standard InChI is InChI=1S/C14H12Cl2N2O3/c1-17-8-9-2-4-10(5-3-9)21-14-7-12(16)11(15)6-13(14)18(19)20/h2-7,17H,8H2,1H3. The zero-order valence-corrected chi connectivity index (χ0v) is 12.6. The molecule has 0 atom stereocenters. The van der Waals surface area contributed by atoms with Crippen LogP contribution in [-0.2, 0) is 6.54 Å². The minimum atomic E-state index is -0.563. The Hall–Kier alpha value is -1.82. The van der Waals surface area contributed by atoms with Crippen molar-refractivity contribution in [2.24, 2.45) is 0 Å². The Morgan fingerprint density at radius 3 is 2.38 bits per heavy atom. The highest BCUT2D eigenvalue weighted by atomic mass is 35.5. The number of nitro groups is 1. The molecule has 0 amide bonds. The molecule has 0 radical (unpaired) electrons. The van der Waals surface area contributed by atoms with Crippen LogP contribution in [0.5, 0.6) is 11.5 Å². The topological polar surface area (TPSA) is 64.4 Å². The number of hydrogen-bond donors (Lipinski definition) is 1. The summed E-state index contributed by atoms with van der Waals surface area (Å²) in [4.78, 5) is 10.5. The van der Waals surface area contributed by atoms with Crippen molar-refractivity contribution in [3.8, 4) is 11.5 Å². The second kappa shape index (κ2) is 6.76. The lowest BCUT2D eigenvalue weighted by atomic mass is 10.2. The molecular weight excluding hydrogens is 315 g/mol. The van der Waals surface area contributed by atoms with E-state index in [4.69, 9.17) is 27.9 Å². The largest absolute Gasteiger partial charge is 0.450 e. The van der Waals surface area contributed by atoms with Crippen molar-refractivity contribution in [2.45, 2.75) is 6.54 Å². The maximum Gasteiger partial charge on any atom is 0.313 e. The summed E-state index contributed by atoms with van der Waals surface area (Å²) in [5, 5.41) is 14.4. The molecule has 0 fully saturated rings. The average Bonchev–Trinajstić information content (AvgIpc) is 2.44. The number of benzene rings is 2. The van der Waals surface area contributed by atoms with Gasteiger partial charge in [-0.25, -0.2) is 0 Å². The number of nitro benzene ring substituents is 1. The Bertz CT molecular complexity index is 660. The molecule has 0 saturated heterocycles. The molecule has 0 spiro atoms. The van der Waals surface area contributed by atoms with E-state index in [0.29, 0.717) is 5.75 Å². The van der Waals surface area contributed by atoms with Crippen molar-refractivity contribution < 1.29 is 9.66 Å². The quantitative estimate of drug-likeness (QED) is 0.652. The van der Waals surface area contributed by atoms with E-state index in [-0.39, 0.29) is 21.5 Å². The zero-order valence-electron chi connectivity index (χ0n) is 11.1. The minimum absolute atomic E-state index is 0.0516. The third-order valence-corrected chi connectivity index (χ3v) is 3.45. The van der Waals surface area contributed by atoms with Crippen molar-refractivity contribution in [1.29, 1.82) is 0 Å². The third kappa shape index (κ3) is 3.85. The molecule has 0 heterocycles. The summed E-state index contributed by atoms with van der Waals surface area (Å²) < 4.78 is 5.53. The summed E-state index contributed by atoms with van der Waals surface area (Å²) in [5.74, 6) is 0.534. The van der Waals surface area contributed by atoms with Crippen LogP contribution >= 0.6 is 23.2 Å². The number of ether oxygens (including phenoxy) is 1. The van der Waals surface area contributed by atoms with Crippen LogP contribution < -0.4 is 10.1 Å². The van der Waals surface area contributed by atoms with E-state index in [1.807, 2.05) is 19.2 Å². The lowest BCUT2D eigenvalue weighted by Gasteiger charge is -2.08. The van der Waals surface area contributed by atoms with Gasteiger partial charge in [0.05, 0.1) is 15.0 Å². The van der Waals surface area contributed by atoms with E-state index in [1.165, 1.54) is 12.1 Å². The zero-order chi connectivity index (χ0) is 15.4. The van der Waals surface area contributed by atoms with Crippen LogP contribution in [0.3, 0.4) is 0 Å². The normalized spacial score (nSPS) is 10.4. The van der Waals surface area contributed by atoms with Gasteiger partial charge >= 0.3 is 5.69 Å². The first-order valence-corrected chi connectivity index (χ1v) is 6.81. The maximum atomic E-state index is 11.0. The van der Waals surface area contributed by atoms with E-state index >= 15 is 0 Å². The van der Waals surface area contributed by atoms with Crippen molar-refractivity contribution in [1.82, 2.24) is 5.32 Å². The first-order chi connectivity index (χ1) is 10.0. The maximum absolute atomic E-state index is 11.0. The Morgan fingerprint density at radius 1 is 1.19 bits per heavy atom. The minimum Gasteiger partial charge on any atom is -0.450 e. The Labute approximate surface area is 131 Å². The third-order valence-electron chi connectivity index (χ3n) is 2.73. The smallest absolute Gasteiger partial charge is 0.313 e. The summed E-state index contributed by atoms with van der Waals surface area (Å²) in [6.07, 6.45) is 0. The molecule has 0 aromatic heterocycles. The van der Waals surface area contributed by atoms with Gasteiger partial charge < -0.3 is 10.1 Å². The lowest BCUT2D eigenvalue weighted by molar-refractivity contribution is -0.385. The molecule has 0 aliphatic carbocycles. The van der Waals surface area contributed by atoms with E-state index in [9.17, 15) is 10.1 Å². The van der Waals surface area contributed by atoms with Crippen molar-refractivity contribution in [3.63, 3.8) is 0 Å². The second-order valence-electron chi connectivity index (χ2n) is 4.27. The van der Waals surface area contributed by atoms with Crippen LogP contribution in [0, 0.1) is 10.1 Å². The molecule has 21 heavy (non-hydrogen) atoms. The van der Waals surface area contributed by atoms with Gasteiger partial charge in [0.2, 0.25) is 5.75 Å². The fraction of sp³-hybridized carbons (Fsp3) is 0.143. The predicted octanol–water partition coefficient (Wildman–Crippen LogP) is 4.41. The number of rotatable bonds is 5. The summed E-state index contributed by atoms with van der Waals surface area (Å²) in [5.41, 5.74) is 0.845. The monoisotopic (exact) mass is 326 g/mol. The van der Waals surface area contributed by atoms with E-state index in [1.54, 1.807) is 12.1 Å². The first-order valence-electron chi connectivity index (χ1n) is 6.06. The van der Waals surface area contributed by atoms with Gasteiger partial charge in [0, 0.05) is 18.7 Å².